The van der Waals surface area contributed by atoms with Crippen LogP contribution < -0.4 is 10.1 Å². The zero-order chi connectivity index (χ0) is 10.3. The number of fused-ring (bicyclic) bond motifs is 2. The van der Waals surface area contributed by atoms with Crippen molar-refractivity contribution < 1.29 is 4.74 Å². The van der Waals surface area contributed by atoms with Gasteiger partial charge < -0.3 is 15.0 Å². The van der Waals surface area contributed by atoms with Crippen molar-refractivity contribution in [3.05, 3.63) is 41.6 Å². The summed E-state index contributed by atoms with van der Waals surface area (Å²) in [4.78, 5) is 3.22. The molecule has 2 aromatic rings. The van der Waals surface area contributed by atoms with E-state index in [0.29, 0.717) is 0 Å². The Kier molecular flexibility index (Phi) is 1.71. The number of aryl methyl sites for hydroxylation is 1. The second-order valence-electron chi connectivity index (χ2n) is 3.76. The molecule has 0 atom stereocenters. The topological polar surface area (TPSA) is 37.0 Å². The van der Waals surface area contributed by atoms with Crippen molar-refractivity contribution in [3.63, 3.8) is 0 Å². The van der Waals surface area contributed by atoms with Gasteiger partial charge in [-0.3, -0.25) is 0 Å². The number of H-pyrrole nitrogens is 1. The number of hydrogen-bond donors (Lipinski definition) is 2. The first-order valence-corrected chi connectivity index (χ1v) is 5.02. The van der Waals surface area contributed by atoms with Crippen LogP contribution in [0.25, 0.3) is 0 Å². The predicted octanol–water partition coefficient (Wildman–Crippen LogP) is 3.04. The Hall–Kier alpha value is -1.90. The summed E-state index contributed by atoms with van der Waals surface area (Å²) >= 11 is 0. The minimum absolute atomic E-state index is 0.802. The third-order valence-electron chi connectivity index (χ3n) is 2.56. The van der Waals surface area contributed by atoms with E-state index in [0.717, 1.165) is 29.6 Å². The third-order valence-corrected chi connectivity index (χ3v) is 2.56. The summed E-state index contributed by atoms with van der Waals surface area (Å²) < 4.78 is 5.81. The summed E-state index contributed by atoms with van der Waals surface area (Å²) in [5.41, 5.74) is 3.34. The Morgan fingerprint density at radius 1 is 1.27 bits per heavy atom. The van der Waals surface area contributed by atoms with Gasteiger partial charge in [0.25, 0.3) is 0 Å². The molecule has 2 N–H and O–H groups in total. The van der Waals surface area contributed by atoms with E-state index < -0.39 is 0 Å². The Bertz CT molecular complexity index is 502. The average Bonchev–Trinajstić information content (AvgIpc) is 2.49. The quantitative estimate of drug-likeness (QED) is 0.685. The van der Waals surface area contributed by atoms with Gasteiger partial charge in [0.15, 0.2) is 5.75 Å². The maximum absolute atomic E-state index is 5.81. The Balaban J connectivity index is 2.08. The molecular weight excluding hydrogens is 188 g/mol. The fourth-order valence-electron chi connectivity index (χ4n) is 1.85. The predicted molar refractivity (Wildman–Crippen MR) is 59.4 cm³/mol. The van der Waals surface area contributed by atoms with Crippen LogP contribution in [0.3, 0.4) is 0 Å². The first-order valence-electron chi connectivity index (χ1n) is 5.02. The molecule has 76 valence electrons. The summed E-state index contributed by atoms with van der Waals surface area (Å²) in [5.74, 6) is 1.73. The Morgan fingerprint density at radius 3 is 3.07 bits per heavy atom. The van der Waals surface area contributed by atoms with E-state index in [-0.39, 0.29) is 0 Å². The minimum Gasteiger partial charge on any atom is -0.439 e. The van der Waals surface area contributed by atoms with Crippen molar-refractivity contribution in [2.45, 2.75) is 13.5 Å². The molecule has 0 aliphatic carbocycles. The molecule has 1 aliphatic heterocycles. The molecule has 0 fully saturated rings. The fraction of sp³-hybridized carbons (Fsp3) is 0.167. The molecule has 1 aromatic heterocycles. The van der Waals surface area contributed by atoms with E-state index in [4.69, 9.17) is 4.74 Å². The molecule has 0 saturated heterocycles. The normalized spacial score (nSPS) is 13.1. The minimum atomic E-state index is 0.802. The maximum atomic E-state index is 5.81. The SMILES string of the molecule is Cc1cc2c([nH]1)Oc1ccccc1NC2. The van der Waals surface area contributed by atoms with E-state index >= 15 is 0 Å². The second kappa shape index (κ2) is 3.05. The number of rotatable bonds is 0. The van der Waals surface area contributed by atoms with Crippen LogP contribution in [0.4, 0.5) is 5.69 Å². The lowest BCUT2D eigenvalue weighted by atomic mass is 10.3. The maximum Gasteiger partial charge on any atom is 0.202 e. The summed E-state index contributed by atoms with van der Waals surface area (Å²) in [7, 11) is 0. The van der Waals surface area contributed by atoms with Gasteiger partial charge in [-0.1, -0.05) is 12.1 Å². The average molecular weight is 200 g/mol. The molecule has 3 heteroatoms. The lowest BCUT2D eigenvalue weighted by molar-refractivity contribution is 0.466. The van der Waals surface area contributed by atoms with E-state index in [2.05, 4.69) is 16.4 Å². The Labute approximate surface area is 88.1 Å². The van der Waals surface area contributed by atoms with Crippen LogP contribution in [0.5, 0.6) is 11.6 Å². The van der Waals surface area contributed by atoms with Crippen molar-refractivity contribution in [3.8, 4) is 11.6 Å². The van der Waals surface area contributed by atoms with E-state index in [1.807, 2.05) is 31.2 Å². The summed E-state index contributed by atoms with van der Waals surface area (Å²) in [6.45, 7) is 2.83. The Morgan fingerprint density at radius 2 is 2.13 bits per heavy atom. The number of aromatic amines is 1. The van der Waals surface area contributed by atoms with Crippen molar-refractivity contribution in [2.75, 3.05) is 5.32 Å². The first-order chi connectivity index (χ1) is 7.33. The molecule has 3 rings (SSSR count). The van der Waals surface area contributed by atoms with Crippen molar-refractivity contribution in [1.29, 1.82) is 0 Å². The van der Waals surface area contributed by atoms with Crippen molar-refractivity contribution in [2.24, 2.45) is 0 Å². The van der Waals surface area contributed by atoms with Crippen LogP contribution in [0, 0.1) is 6.92 Å². The fourth-order valence-corrected chi connectivity index (χ4v) is 1.85. The summed E-state index contributed by atoms with van der Waals surface area (Å²) in [5, 5.41) is 3.35. The van der Waals surface area contributed by atoms with Gasteiger partial charge in [-0.2, -0.15) is 0 Å². The van der Waals surface area contributed by atoms with Gasteiger partial charge in [0.1, 0.15) is 0 Å². The van der Waals surface area contributed by atoms with Gasteiger partial charge in [0, 0.05) is 17.8 Å². The van der Waals surface area contributed by atoms with E-state index in [9.17, 15) is 0 Å². The molecule has 1 aromatic carbocycles. The van der Waals surface area contributed by atoms with Crippen LogP contribution in [-0.4, -0.2) is 4.98 Å². The van der Waals surface area contributed by atoms with Crippen LogP contribution >= 0.6 is 0 Å². The molecule has 3 nitrogen and oxygen atoms in total. The van der Waals surface area contributed by atoms with Crippen LogP contribution in [-0.2, 0) is 6.54 Å². The zero-order valence-corrected chi connectivity index (χ0v) is 8.50. The lowest BCUT2D eigenvalue weighted by Crippen LogP contribution is -1.95. The monoisotopic (exact) mass is 200 g/mol. The number of anilines is 1. The number of hydrogen-bond acceptors (Lipinski definition) is 2. The van der Waals surface area contributed by atoms with Crippen LogP contribution in [0.1, 0.15) is 11.3 Å². The number of ether oxygens (including phenoxy) is 1. The lowest BCUT2D eigenvalue weighted by Gasteiger charge is -2.06. The van der Waals surface area contributed by atoms with Crippen molar-refractivity contribution >= 4 is 5.69 Å². The largest absolute Gasteiger partial charge is 0.439 e. The van der Waals surface area contributed by atoms with Crippen molar-refractivity contribution in [1.82, 2.24) is 4.98 Å². The van der Waals surface area contributed by atoms with Crippen LogP contribution in [0.15, 0.2) is 30.3 Å². The molecule has 0 bridgehead atoms. The number of para-hydroxylation sites is 2. The molecule has 0 radical (unpaired) electrons. The molecule has 0 spiro atoms. The standard InChI is InChI=1S/C12H12N2O/c1-8-6-9-7-13-10-4-2-3-5-11(10)15-12(9)14-8/h2-6,13-14H,7H2,1H3. The second-order valence-corrected chi connectivity index (χ2v) is 3.76. The molecule has 0 saturated carbocycles. The van der Waals surface area contributed by atoms with Gasteiger partial charge in [-0.25, -0.2) is 0 Å². The first kappa shape index (κ1) is 8.41. The molecule has 2 heterocycles. The molecule has 1 aliphatic rings. The smallest absolute Gasteiger partial charge is 0.202 e. The van der Waals surface area contributed by atoms with Gasteiger partial charge in [-0.15, -0.1) is 0 Å². The van der Waals surface area contributed by atoms with Gasteiger partial charge in [0.05, 0.1) is 5.69 Å². The molecule has 0 unspecified atom stereocenters. The third kappa shape index (κ3) is 1.36. The number of benzene rings is 1. The van der Waals surface area contributed by atoms with Gasteiger partial charge in [-0.05, 0) is 25.1 Å². The zero-order valence-electron chi connectivity index (χ0n) is 8.50. The van der Waals surface area contributed by atoms with E-state index in [1.54, 1.807) is 0 Å². The van der Waals surface area contributed by atoms with E-state index in [1.165, 1.54) is 5.56 Å². The summed E-state index contributed by atoms with van der Waals surface area (Å²) in [6.07, 6.45) is 0. The highest BCUT2D eigenvalue weighted by atomic mass is 16.5. The molecule has 0 amide bonds. The highest BCUT2D eigenvalue weighted by molar-refractivity contribution is 5.59. The number of nitrogens with one attached hydrogen (secondary N) is 2. The molecule has 15 heavy (non-hydrogen) atoms. The number of aromatic nitrogens is 1. The molecular formula is C12H12N2O. The van der Waals surface area contributed by atoms with Gasteiger partial charge >= 0.3 is 0 Å². The highest BCUT2D eigenvalue weighted by Gasteiger charge is 2.14. The van der Waals surface area contributed by atoms with Gasteiger partial charge in [0.2, 0.25) is 5.88 Å². The summed E-state index contributed by atoms with van der Waals surface area (Å²) in [6, 6.07) is 10.1. The van der Waals surface area contributed by atoms with Crippen LogP contribution in [0.2, 0.25) is 0 Å². The highest BCUT2D eigenvalue weighted by Crippen LogP contribution is 2.34.